The van der Waals surface area contributed by atoms with Gasteiger partial charge in [-0.05, 0) is 18.6 Å². The van der Waals surface area contributed by atoms with E-state index in [4.69, 9.17) is 18.9 Å². The first-order valence-corrected chi connectivity index (χ1v) is 9.60. The molecule has 0 radical (unpaired) electrons. The summed E-state index contributed by atoms with van der Waals surface area (Å²) in [5.74, 6) is -0.214. The number of Topliss-reactive ketones (excluding diaryl/α,β-unsaturated/α-hetero) is 1. The second kappa shape index (κ2) is 8.57. The summed E-state index contributed by atoms with van der Waals surface area (Å²) in [6.07, 6.45) is 1.80. The highest BCUT2D eigenvalue weighted by molar-refractivity contribution is 6.31. The molecule has 0 atom stereocenters. The van der Waals surface area contributed by atoms with Gasteiger partial charge in [-0.15, -0.1) is 0 Å². The van der Waals surface area contributed by atoms with Crippen LogP contribution in [-0.2, 0) is 0 Å². The van der Waals surface area contributed by atoms with Crippen molar-refractivity contribution in [3.8, 4) is 23.0 Å². The Labute approximate surface area is 174 Å². The molecule has 2 aromatic carbocycles. The van der Waals surface area contributed by atoms with Crippen LogP contribution in [0.1, 0.15) is 68.4 Å². The molecule has 0 bridgehead atoms. The number of rotatable bonds is 8. The lowest BCUT2D eigenvalue weighted by molar-refractivity contribution is 0.0962. The second-order valence-corrected chi connectivity index (χ2v) is 6.85. The van der Waals surface area contributed by atoms with Crippen molar-refractivity contribution < 1.29 is 33.3 Å². The normalized spacial score (nSPS) is 12.2. The summed E-state index contributed by atoms with van der Waals surface area (Å²) < 4.78 is 21.5. The number of carbonyl (C=O) groups excluding carboxylic acids is 3. The zero-order valence-corrected chi connectivity index (χ0v) is 17.7. The van der Waals surface area contributed by atoms with Crippen molar-refractivity contribution in [2.45, 2.75) is 26.2 Å². The quantitative estimate of drug-likeness (QED) is 0.519. The Morgan fingerprint density at radius 3 is 2.03 bits per heavy atom. The Morgan fingerprint density at radius 1 is 0.800 bits per heavy atom. The SMILES string of the molecule is CCCCC(=O)c1c(OC)cc2c(c1OC)C(=O)c1c(OC)cc(OC)cc1C2=O. The van der Waals surface area contributed by atoms with Crippen LogP contribution in [0.4, 0.5) is 0 Å². The summed E-state index contributed by atoms with van der Waals surface area (Å²) in [7, 11) is 5.65. The number of hydrogen-bond acceptors (Lipinski definition) is 7. The fraction of sp³-hybridized carbons (Fsp3) is 0.348. The topological polar surface area (TPSA) is 88.1 Å². The van der Waals surface area contributed by atoms with Crippen LogP contribution in [0.5, 0.6) is 23.0 Å². The van der Waals surface area contributed by atoms with Crippen molar-refractivity contribution >= 4 is 17.3 Å². The van der Waals surface area contributed by atoms with Gasteiger partial charge in [-0.2, -0.15) is 0 Å². The Hall–Kier alpha value is -3.35. The van der Waals surface area contributed by atoms with E-state index < -0.39 is 11.6 Å². The van der Waals surface area contributed by atoms with Gasteiger partial charge in [0.25, 0.3) is 0 Å². The number of benzene rings is 2. The van der Waals surface area contributed by atoms with Crippen LogP contribution < -0.4 is 18.9 Å². The number of carbonyl (C=O) groups is 3. The number of hydrogen-bond donors (Lipinski definition) is 0. The molecular formula is C23H24O7. The van der Waals surface area contributed by atoms with E-state index in [1.165, 1.54) is 46.6 Å². The van der Waals surface area contributed by atoms with Crippen LogP contribution in [0, 0.1) is 0 Å². The summed E-state index contributed by atoms with van der Waals surface area (Å²) in [4.78, 5) is 39.7. The van der Waals surface area contributed by atoms with E-state index in [-0.39, 0.29) is 57.3 Å². The molecule has 0 aromatic heterocycles. The summed E-state index contributed by atoms with van der Waals surface area (Å²) in [6, 6.07) is 4.48. The Kier molecular flexibility index (Phi) is 6.10. The highest BCUT2D eigenvalue weighted by atomic mass is 16.5. The summed E-state index contributed by atoms with van der Waals surface area (Å²) in [5.41, 5.74) is 0.607. The van der Waals surface area contributed by atoms with Crippen molar-refractivity contribution in [3.63, 3.8) is 0 Å². The molecule has 7 heteroatoms. The van der Waals surface area contributed by atoms with E-state index in [9.17, 15) is 14.4 Å². The molecule has 0 saturated carbocycles. The van der Waals surface area contributed by atoms with Gasteiger partial charge in [-0.1, -0.05) is 13.3 Å². The van der Waals surface area contributed by atoms with E-state index in [0.717, 1.165) is 6.42 Å². The Morgan fingerprint density at radius 2 is 1.47 bits per heavy atom. The molecule has 0 saturated heterocycles. The molecule has 2 aromatic rings. The van der Waals surface area contributed by atoms with E-state index in [2.05, 4.69) is 0 Å². The maximum absolute atomic E-state index is 13.5. The smallest absolute Gasteiger partial charge is 0.202 e. The van der Waals surface area contributed by atoms with Crippen LogP contribution in [-0.4, -0.2) is 45.8 Å². The first kappa shape index (κ1) is 21.4. The number of unbranched alkanes of at least 4 members (excludes halogenated alkanes) is 1. The molecule has 0 unspecified atom stereocenters. The van der Waals surface area contributed by atoms with E-state index >= 15 is 0 Å². The number of methoxy groups -OCH3 is 4. The predicted molar refractivity (Wildman–Crippen MR) is 110 cm³/mol. The molecule has 0 fully saturated rings. The van der Waals surface area contributed by atoms with Crippen LogP contribution >= 0.6 is 0 Å². The predicted octanol–water partition coefficient (Wildman–Crippen LogP) is 3.87. The minimum Gasteiger partial charge on any atom is -0.497 e. The van der Waals surface area contributed by atoms with Crippen LogP contribution in [0.3, 0.4) is 0 Å². The third kappa shape index (κ3) is 3.30. The van der Waals surface area contributed by atoms with Crippen LogP contribution in [0.25, 0.3) is 0 Å². The minimum absolute atomic E-state index is 0.0408. The lowest BCUT2D eigenvalue weighted by atomic mass is 9.81. The van der Waals surface area contributed by atoms with Crippen LogP contribution in [0.2, 0.25) is 0 Å². The molecule has 7 nitrogen and oxygen atoms in total. The maximum atomic E-state index is 13.5. The highest BCUT2D eigenvalue weighted by Gasteiger charge is 2.38. The number of ether oxygens (including phenoxy) is 4. The zero-order valence-electron chi connectivity index (χ0n) is 17.7. The second-order valence-electron chi connectivity index (χ2n) is 6.85. The first-order valence-electron chi connectivity index (χ1n) is 9.60. The van der Waals surface area contributed by atoms with Gasteiger partial charge in [0.05, 0.1) is 39.6 Å². The summed E-state index contributed by atoms with van der Waals surface area (Å²) in [6.45, 7) is 1.98. The summed E-state index contributed by atoms with van der Waals surface area (Å²) in [5, 5.41) is 0. The Balaban J connectivity index is 2.32. The Bertz CT molecular complexity index is 1040. The maximum Gasteiger partial charge on any atom is 0.202 e. The lowest BCUT2D eigenvalue weighted by Gasteiger charge is -2.24. The zero-order chi connectivity index (χ0) is 22.0. The minimum atomic E-state index is -0.455. The molecule has 0 aliphatic heterocycles. The van der Waals surface area contributed by atoms with Crippen molar-refractivity contribution in [1.82, 2.24) is 0 Å². The summed E-state index contributed by atoms with van der Waals surface area (Å²) >= 11 is 0. The average Bonchev–Trinajstić information content (AvgIpc) is 2.78. The number of ketones is 3. The first-order chi connectivity index (χ1) is 14.4. The monoisotopic (exact) mass is 412 g/mol. The average molecular weight is 412 g/mol. The molecule has 0 heterocycles. The molecular weight excluding hydrogens is 388 g/mol. The van der Waals surface area contributed by atoms with Gasteiger partial charge in [0.1, 0.15) is 28.6 Å². The number of fused-ring (bicyclic) bond motifs is 2. The van der Waals surface area contributed by atoms with Gasteiger partial charge in [-0.3, -0.25) is 14.4 Å². The molecule has 1 aliphatic carbocycles. The van der Waals surface area contributed by atoms with E-state index in [0.29, 0.717) is 12.2 Å². The van der Waals surface area contributed by atoms with Crippen molar-refractivity contribution in [1.29, 1.82) is 0 Å². The van der Waals surface area contributed by atoms with Gasteiger partial charge < -0.3 is 18.9 Å². The van der Waals surface area contributed by atoms with E-state index in [1.54, 1.807) is 0 Å². The molecule has 30 heavy (non-hydrogen) atoms. The molecule has 158 valence electrons. The van der Waals surface area contributed by atoms with Gasteiger partial charge in [-0.25, -0.2) is 0 Å². The van der Waals surface area contributed by atoms with Crippen molar-refractivity contribution in [2.24, 2.45) is 0 Å². The standard InChI is InChI=1S/C23H24O7/c1-6-7-8-15(24)20-17(29-4)11-14-19(23(20)30-5)22(26)18-13(21(14)25)9-12(27-2)10-16(18)28-3/h9-11H,6-8H2,1-5H3. The van der Waals surface area contributed by atoms with Gasteiger partial charge >= 0.3 is 0 Å². The fourth-order valence-corrected chi connectivity index (χ4v) is 3.68. The van der Waals surface area contributed by atoms with Gasteiger partial charge in [0.2, 0.25) is 5.78 Å². The van der Waals surface area contributed by atoms with Crippen molar-refractivity contribution in [2.75, 3.05) is 28.4 Å². The van der Waals surface area contributed by atoms with Gasteiger partial charge in [0.15, 0.2) is 11.6 Å². The third-order valence-electron chi connectivity index (χ3n) is 5.18. The molecule has 0 amide bonds. The van der Waals surface area contributed by atoms with Gasteiger partial charge in [0, 0.05) is 23.6 Å². The molecule has 0 spiro atoms. The van der Waals surface area contributed by atoms with E-state index in [1.807, 2.05) is 6.92 Å². The highest BCUT2D eigenvalue weighted by Crippen LogP contribution is 2.44. The molecule has 1 aliphatic rings. The molecule has 0 N–H and O–H groups in total. The fourth-order valence-electron chi connectivity index (χ4n) is 3.68. The lowest BCUT2D eigenvalue weighted by Crippen LogP contribution is -2.24. The van der Waals surface area contributed by atoms with Crippen LogP contribution in [0.15, 0.2) is 18.2 Å². The van der Waals surface area contributed by atoms with Crippen molar-refractivity contribution in [3.05, 3.63) is 46.0 Å². The largest absolute Gasteiger partial charge is 0.497 e. The third-order valence-corrected chi connectivity index (χ3v) is 5.18. The molecule has 3 rings (SSSR count).